The van der Waals surface area contributed by atoms with Crippen LogP contribution in [0.5, 0.6) is 11.5 Å². The summed E-state index contributed by atoms with van der Waals surface area (Å²) in [7, 11) is 8.99. The number of anilines is 2. The predicted molar refractivity (Wildman–Crippen MR) is 224 cm³/mol. The molecule has 3 saturated heterocycles. The van der Waals surface area contributed by atoms with Crippen LogP contribution in [0, 0.1) is 5.92 Å². The number of carbonyl (C=O) groups excluding carboxylic acids is 4. The van der Waals surface area contributed by atoms with E-state index in [1.807, 2.05) is 49.5 Å². The normalized spacial score (nSPS) is 19.4. The summed E-state index contributed by atoms with van der Waals surface area (Å²) in [5, 5.41) is 3.63. The first-order valence-electron chi connectivity index (χ1n) is 20.4. The third kappa shape index (κ3) is 7.76. The molecule has 0 bridgehead atoms. The van der Waals surface area contributed by atoms with Gasteiger partial charge in [0.15, 0.2) is 0 Å². The molecular weight excluding hydrogens is 753 g/mol. The van der Waals surface area contributed by atoms with Crippen molar-refractivity contribution >= 4 is 45.9 Å². The molecule has 310 valence electrons. The lowest BCUT2D eigenvalue weighted by atomic mass is 9.92. The highest BCUT2D eigenvalue weighted by atomic mass is 16.5. The Morgan fingerprint density at radius 3 is 2.14 bits per heavy atom. The Hall–Kier alpha value is -5.80. The highest BCUT2D eigenvalue weighted by molar-refractivity contribution is 6.23. The Balaban J connectivity index is 0.849. The van der Waals surface area contributed by atoms with Crippen molar-refractivity contribution < 1.29 is 28.7 Å². The Labute approximate surface area is 343 Å². The SMILES string of the molecule is COc1cc(-c2cn(C)c(=O)c3cnc(N(C)C)cc23)cc(OC)c1CN1CCN(CCC2CCN(c3ccc4c(c3)C(=O)N(C3CCC(=O)NC3=O)C4=O)CC2)CC1. The minimum atomic E-state index is -0.968. The molecule has 6 heterocycles. The first-order chi connectivity index (χ1) is 28.4. The number of hydrogen-bond acceptors (Lipinski definition) is 12. The molecule has 0 saturated carbocycles. The smallest absolute Gasteiger partial charge is 0.262 e. The number of imide groups is 2. The third-order valence-electron chi connectivity index (χ3n) is 12.5. The molecule has 2 aromatic carbocycles. The topological polar surface area (TPSA) is 150 Å². The standard InChI is InChI=1S/C44H52N8O7/c1-47(2)39-23-31-33(24-45-39)42(55)48(3)25-34(31)28-20-37(58-4)35(38(21-28)59-5)26-50-18-16-49(17-19-50)13-10-27-11-14-51(15-12-27)29-6-7-30-32(22-29)44(57)52(43(30)56)36-8-9-40(53)46-41(36)54/h6-7,20-25,27,36H,8-19,26H2,1-5H3,(H,46,53,54). The lowest BCUT2D eigenvalue weighted by Gasteiger charge is -2.37. The van der Waals surface area contributed by atoms with Gasteiger partial charge in [0.05, 0.1) is 36.3 Å². The molecule has 1 unspecified atom stereocenters. The number of amides is 4. The Morgan fingerprint density at radius 2 is 1.47 bits per heavy atom. The molecule has 15 heteroatoms. The van der Waals surface area contributed by atoms with Crippen LogP contribution in [-0.4, -0.2) is 128 Å². The third-order valence-corrected chi connectivity index (χ3v) is 12.5. The number of carbonyl (C=O) groups is 4. The Morgan fingerprint density at radius 1 is 0.797 bits per heavy atom. The molecule has 3 fully saturated rings. The van der Waals surface area contributed by atoms with Gasteiger partial charge in [0.2, 0.25) is 11.8 Å². The van der Waals surface area contributed by atoms with Crippen LogP contribution in [0.25, 0.3) is 21.9 Å². The lowest BCUT2D eigenvalue weighted by Crippen LogP contribution is -2.54. The van der Waals surface area contributed by atoms with Crippen LogP contribution in [0.2, 0.25) is 0 Å². The van der Waals surface area contributed by atoms with Crippen molar-refractivity contribution in [3.63, 3.8) is 0 Å². The van der Waals surface area contributed by atoms with Gasteiger partial charge < -0.3 is 28.7 Å². The maximum absolute atomic E-state index is 13.4. The first-order valence-corrected chi connectivity index (χ1v) is 20.4. The van der Waals surface area contributed by atoms with Gasteiger partial charge in [-0.1, -0.05) is 0 Å². The number of nitrogens with one attached hydrogen (secondary N) is 1. The van der Waals surface area contributed by atoms with Gasteiger partial charge in [0.1, 0.15) is 23.4 Å². The number of fused-ring (bicyclic) bond motifs is 2. The number of ether oxygens (including phenoxy) is 2. The number of rotatable bonds is 11. The van der Waals surface area contributed by atoms with E-state index in [2.05, 4.69) is 25.0 Å². The van der Waals surface area contributed by atoms with Crippen LogP contribution in [0.1, 0.15) is 58.4 Å². The van der Waals surface area contributed by atoms with Gasteiger partial charge in [0, 0.05) is 102 Å². The van der Waals surface area contributed by atoms with Gasteiger partial charge in [-0.05, 0) is 80.1 Å². The molecule has 15 nitrogen and oxygen atoms in total. The summed E-state index contributed by atoms with van der Waals surface area (Å²) in [5.41, 5.74) is 4.22. The number of nitrogens with zero attached hydrogens (tertiary/aromatic N) is 7. The zero-order valence-electron chi connectivity index (χ0n) is 34.5. The van der Waals surface area contributed by atoms with E-state index in [0.717, 1.165) is 115 Å². The summed E-state index contributed by atoms with van der Waals surface area (Å²) in [6, 6.07) is 10.4. The second kappa shape index (κ2) is 16.5. The fourth-order valence-corrected chi connectivity index (χ4v) is 9.01. The summed E-state index contributed by atoms with van der Waals surface area (Å²) in [6.07, 6.45) is 6.97. The van der Waals surface area contributed by atoms with E-state index in [1.165, 1.54) is 0 Å². The van der Waals surface area contributed by atoms with Crippen LogP contribution < -0.4 is 30.1 Å². The number of piperidine rings is 2. The minimum Gasteiger partial charge on any atom is -0.496 e. The van der Waals surface area contributed by atoms with Gasteiger partial charge in [-0.2, -0.15) is 0 Å². The number of aryl methyl sites for hydroxylation is 1. The summed E-state index contributed by atoms with van der Waals surface area (Å²) in [5.74, 6) is 0.906. The van der Waals surface area contributed by atoms with Crippen LogP contribution in [0.15, 0.2) is 53.6 Å². The molecule has 2 aromatic heterocycles. The van der Waals surface area contributed by atoms with Gasteiger partial charge >= 0.3 is 0 Å². The van der Waals surface area contributed by atoms with Crippen molar-refractivity contribution in [1.82, 2.24) is 29.6 Å². The van der Waals surface area contributed by atoms with E-state index in [9.17, 15) is 24.0 Å². The summed E-state index contributed by atoms with van der Waals surface area (Å²) >= 11 is 0. The van der Waals surface area contributed by atoms with Crippen molar-refractivity contribution in [2.45, 2.75) is 44.7 Å². The molecule has 4 aliphatic rings. The first kappa shape index (κ1) is 40.0. The van der Waals surface area contributed by atoms with Crippen molar-refractivity contribution in [3.05, 3.63) is 75.8 Å². The number of methoxy groups -OCH3 is 2. The van der Waals surface area contributed by atoms with Gasteiger partial charge in [-0.25, -0.2) is 4.98 Å². The summed E-state index contributed by atoms with van der Waals surface area (Å²) in [6.45, 7) is 7.29. The van der Waals surface area contributed by atoms with E-state index in [1.54, 1.807) is 44.2 Å². The van der Waals surface area contributed by atoms with Crippen LogP contribution in [0.4, 0.5) is 11.5 Å². The van der Waals surface area contributed by atoms with E-state index in [4.69, 9.17) is 9.47 Å². The van der Waals surface area contributed by atoms with Crippen molar-refractivity contribution in [2.24, 2.45) is 13.0 Å². The van der Waals surface area contributed by atoms with E-state index >= 15 is 0 Å². The molecule has 4 aromatic rings. The maximum atomic E-state index is 13.4. The number of hydrogen-bond donors (Lipinski definition) is 1. The maximum Gasteiger partial charge on any atom is 0.262 e. The second-order valence-electron chi connectivity index (χ2n) is 16.3. The molecule has 4 aliphatic heterocycles. The number of aromatic nitrogens is 2. The molecule has 1 atom stereocenters. The zero-order chi connectivity index (χ0) is 41.5. The molecule has 59 heavy (non-hydrogen) atoms. The molecule has 0 aliphatic carbocycles. The van der Waals surface area contributed by atoms with Crippen LogP contribution >= 0.6 is 0 Å². The van der Waals surface area contributed by atoms with Crippen molar-refractivity contribution in [2.75, 3.05) is 83.9 Å². The molecule has 8 rings (SSSR count). The average molecular weight is 805 g/mol. The van der Waals surface area contributed by atoms with Gasteiger partial charge in [-0.15, -0.1) is 0 Å². The average Bonchev–Trinajstić information content (AvgIpc) is 3.49. The molecule has 4 amide bonds. The van der Waals surface area contributed by atoms with Crippen LogP contribution in [0.3, 0.4) is 0 Å². The highest BCUT2D eigenvalue weighted by Gasteiger charge is 2.45. The second-order valence-corrected chi connectivity index (χ2v) is 16.3. The fraction of sp³-hybridized carbons (Fsp3) is 0.455. The summed E-state index contributed by atoms with van der Waals surface area (Å²) in [4.78, 5) is 78.4. The van der Waals surface area contributed by atoms with Crippen LogP contribution in [-0.2, 0) is 23.2 Å². The number of piperazine rings is 1. The fourth-order valence-electron chi connectivity index (χ4n) is 9.01. The zero-order valence-corrected chi connectivity index (χ0v) is 34.5. The molecule has 0 radical (unpaired) electrons. The molecule has 0 spiro atoms. The van der Waals surface area contributed by atoms with Gasteiger partial charge in [-0.3, -0.25) is 39.1 Å². The Kier molecular flexibility index (Phi) is 11.2. The lowest BCUT2D eigenvalue weighted by molar-refractivity contribution is -0.136. The van der Waals surface area contributed by atoms with Gasteiger partial charge in [0.25, 0.3) is 17.4 Å². The summed E-state index contributed by atoms with van der Waals surface area (Å²) < 4.78 is 13.6. The molecule has 1 N–H and O–H groups in total. The quantitative estimate of drug-likeness (QED) is 0.221. The Bertz CT molecular complexity index is 2350. The van der Waals surface area contributed by atoms with Crippen molar-refractivity contribution in [3.8, 4) is 22.6 Å². The largest absolute Gasteiger partial charge is 0.496 e. The minimum absolute atomic E-state index is 0.0958. The molecular formula is C44H52N8O7. The predicted octanol–water partition coefficient (Wildman–Crippen LogP) is 3.51. The number of benzene rings is 2. The number of pyridine rings is 2. The van der Waals surface area contributed by atoms with E-state index < -0.39 is 23.8 Å². The highest BCUT2D eigenvalue weighted by Crippen LogP contribution is 2.39. The van der Waals surface area contributed by atoms with E-state index in [0.29, 0.717) is 29.0 Å². The van der Waals surface area contributed by atoms with Crippen molar-refractivity contribution in [1.29, 1.82) is 0 Å². The monoisotopic (exact) mass is 804 g/mol. The van der Waals surface area contributed by atoms with E-state index in [-0.39, 0.29) is 24.3 Å².